The zero-order valence-electron chi connectivity index (χ0n) is 14.8. The Morgan fingerprint density at radius 2 is 2.23 bits per heavy atom. The Hall–Kier alpha value is -3.21. The normalized spacial score (nSPS) is 11.1. The highest BCUT2D eigenvalue weighted by Crippen LogP contribution is 2.29. The highest BCUT2D eigenvalue weighted by Gasteiger charge is 2.17. The smallest absolute Gasteiger partial charge is 0.268 e. The van der Waals surface area contributed by atoms with Crippen LogP contribution in [0.4, 0.5) is 0 Å². The Morgan fingerprint density at radius 1 is 1.35 bits per heavy atom. The monoisotopic (exact) mass is 350 g/mol. The van der Waals surface area contributed by atoms with E-state index in [2.05, 4.69) is 11.9 Å². The number of furan rings is 1. The van der Waals surface area contributed by atoms with E-state index < -0.39 is 0 Å². The molecule has 134 valence electrons. The van der Waals surface area contributed by atoms with E-state index in [1.54, 1.807) is 18.4 Å². The molecule has 5 nitrogen and oxygen atoms in total. The number of aromatic nitrogens is 1. The predicted octanol–water partition coefficient (Wildman–Crippen LogP) is 4.31. The van der Waals surface area contributed by atoms with Crippen LogP contribution in [-0.4, -0.2) is 17.1 Å². The molecule has 3 aromatic rings. The molecule has 0 fully saturated rings. The summed E-state index contributed by atoms with van der Waals surface area (Å²) in [5, 5.41) is 3.81. The first-order valence-electron chi connectivity index (χ1n) is 8.52. The largest absolute Gasteiger partial charge is 0.489 e. The molecule has 0 aliphatic rings. The van der Waals surface area contributed by atoms with Crippen LogP contribution in [0.2, 0.25) is 0 Å². The Morgan fingerprint density at radius 3 is 2.96 bits per heavy atom. The van der Waals surface area contributed by atoms with Crippen molar-refractivity contribution < 1.29 is 13.9 Å². The van der Waals surface area contributed by atoms with Crippen LogP contribution in [0.15, 0.2) is 71.9 Å². The second kappa shape index (κ2) is 8.25. The van der Waals surface area contributed by atoms with E-state index in [9.17, 15) is 4.79 Å². The minimum atomic E-state index is -0.156. The molecule has 2 heterocycles. The fraction of sp³-hybridized carbons (Fsp3) is 0.190. The summed E-state index contributed by atoms with van der Waals surface area (Å²) in [4.78, 5) is 12.8. The van der Waals surface area contributed by atoms with Gasteiger partial charge in [-0.2, -0.15) is 0 Å². The van der Waals surface area contributed by atoms with Crippen molar-refractivity contribution in [2.75, 3.05) is 6.61 Å². The van der Waals surface area contributed by atoms with Gasteiger partial charge in [0.2, 0.25) is 0 Å². The highest BCUT2D eigenvalue weighted by molar-refractivity contribution is 6.00. The summed E-state index contributed by atoms with van der Waals surface area (Å²) in [6.45, 7) is 7.01. The van der Waals surface area contributed by atoms with Crippen molar-refractivity contribution in [2.45, 2.75) is 20.0 Å². The van der Waals surface area contributed by atoms with E-state index in [1.807, 2.05) is 54.0 Å². The average molecular weight is 350 g/mol. The van der Waals surface area contributed by atoms with Gasteiger partial charge in [0.1, 0.15) is 23.8 Å². The van der Waals surface area contributed by atoms with Crippen molar-refractivity contribution in [2.24, 2.45) is 0 Å². The van der Waals surface area contributed by atoms with Crippen LogP contribution >= 0.6 is 0 Å². The molecule has 3 rings (SSSR count). The molecule has 0 aliphatic heterocycles. The molecule has 0 unspecified atom stereocenters. The van der Waals surface area contributed by atoms with E-state index in [4.69, 9.17) is 9.15 Å². The molecule has 5 heteroatoms. The molecule has 0 radical (unpaired) electrons. The first-order chi connectivity index (χ1) is 12.7. The topological polar surface area (TPSA) is 56.4 Å². The first kappa shape index (κ1) is 17.6. The fourth-order valence-corrected chi connectivity index (χ4v) is 2.80. The van der Waals surface area contributed by atoms with Crippen molar-refractivity contribution in [1.29, 1.82) is 0 Å². The molecule has 0 spiro atoms. The van der Waals surface area contributed by atoms with Gasteiger partial charge in [-0.05, 0) is 37.3 Å². The summed E-state index contributed by atoms with van der Waals surface area (Å²) in [5.74, 6) is 1.29. The fourth-order valence-electron chi connectivity index (χ4n) is 2.80. The summed E-state index contributed by atoms with van der Waals surface area (Å²) in [7, 11) is 0. The minimum absolute atomic E-state index is 0.156. The van der Waals surface area contributed by atoms with Crippen molar-refractivity contribution in [1.82, 2.24) is 9.88 Å². The van der Waals surface area contributed by atoms with Crippen LogP contribution < -0.4 is 10.1 Å². The number of hydrogen-bond acceptors (Lipinski definition) is 3. The first-order valence-corrected chi connectivity index (χ1v) is 8.52. The second-order valence-corrected chi connectivity index (χ2v) is 5.76. The summed E-state index contributed by atoms with van der Waals surface area (Å²) < 4.78 is 13.0. The molecule has 0 aliphatic carbocycles. The summed E-state index contributed by atoms with van der Waals surface area (Å²) in [5.41, 5.74) is 1.53. The second-order valence-electron chi connectivity index (χ2n) is 5.76. The van der Waals surface area contributed by atoms with Gasteiger partial charge in [0, 0.05) is 11.9 Å². The van der Waals surface area contributed by atoms with Crippen LogP contribution in [0, 0.1) is 0 Å². The van der Waals surface area contributed by atoms with Crippen LogP contribution in [0.25, 0.3) is 10.9 Å². The third-order valence-electron chi connectivity index (χ3n) is 4.02. The molecular weight excluding hydrogens is 328 g/mol. The number of carbonyl (C=O) groups is 1. The van der Waals surface area contributed by atoms with Crippen LogP contribution in [0.5, 0.6) is 5.75 Å². The maximum Gasteiger partial charge on any atom is 0.268 e. The highest BCUT2D eigenvalue weighted by atomic mass is 16.5. The van der Waals surface area contributed by atoms with E-state index >= 15 is 0 Å². The number of benzene rings is 1. The third kappa shape index (κ3) is 3.72. The molecule has 0 saturated carbocycles. The number of rotatable bonds is 8. The van der Waals surface area contributed by atoms with Gasteiger partial charge in [0.25, 0.3) is 5.91 Å². The van der Waals surface area contributed by atoms with Crippen LogP contribution in [0.3, 0.4) is 0 Å². The molecule has 2 aromatic heterocycles. The molecule has 0 atom stereocenters. The Balaban J connectivity index is 1.95. The van der Waals surface area contributed by atoms with Gasteiger partial charge in [0.05, 0.1) is 18.3 Å². The van der Waals surface area contributed by atoms with Crippen LogP contribution in [-0.2, 0) is 13.1 Å². The number of carbonyl (C=O) groups excluding carboxylic acids is 1. The van der Waals surface area contributed by atoms with E-state index in [1.165, 1.54) is 0 Å². The lowest BCUT2D eigenvalue weighted by atomic mass is 10.2. The number of nitrogens with one attached hydrogen (secondary N) is 1. The van der Waals surface area contributed by atoms with E-state index in [0.29, 0.717) is 31.2 Å². The quantitative estimate of drug-likeness (QED) is 0.616. The maximum absolute atomic E-state index is 12.8. The Bertz CT molecular complexity index is 920. The SMILES string of the molecule is C=CCOc1cccc2c1cc(C(=O)NCc1ccco1)n2C/C=C\C. The van der Waals surface area contributed by atoms with Gasteiger partial charge in [0.15, 0.2) is 0 Å². The van der Waals surface area contributed by atoms with Crippen molar-refractivity contribution >= 4 is 16.8 Å². The summed E-state index contributed by atoms with van der Waals surface area (Å²) in [6.07, 6.45) is 7.27. The van der Waals surface area contributed by atoms with E-state index in [0.717, 1.165) is 16.7 Å². The Labute approximate surface area is 152 Å². The minimum Gasteiger partial charge on any atom is -0.489 e. The van der Waals surface area contributed by atoms with Gasteiger partial charge < -0.3 is 19.0 Å². The Kier molecular flexibility index (Phi) is 5.59. The maximum atomic E-state index is 12.8. The van der Waals surface area contributed by atoms with E-state index in [-0.39, 0.29) is 5.91 Å². The lowest BCUT2D eigenvalue weighted by molar-refractivity contribution is 0.0939. The number of ether oxygens (including phenoxy) is 1. The van der Waals surface area contributed by atoms with Gasteiger partial charge in [-0.1, -0.05) is 30.9 Å². The number of fused-ring (bicyclic) bond motifs is 1. The number of amides is 1. The molecule has 1 aromatic carbocycles. The van der Waals surface area contributed by atoms with Crippen molar-refractivity contribution in [3.63, 3.8) is 0 Å². The molecule has 0 bridgehead atoms. The molecular formula is C21H22N2O3. The van der Waals surface area contributed by atoms with Gasteiger partial charge in [-0.3, -0.25) is 4.79 Å². The molecule has 0 saturated heterocycles. The molecule has 26 heavy (non-hydrogen) atoms. The zero-order chi connectivity index (χ0) is 18.4. The predicted molar refractivity (Wildman–Crippen MR) is 102 cm³/mol. The summed E-state index contributed by atoms with van der Waals surface area (Å²) >= 11 is 0. The lowest BCUT2D eigenvalue weighted by Gasteiger charge is -2.09. The third-order valence-corrected chi connectivity index (χ3v) is 4.02. The summed E-state index contributed by atoms with van der Waals surface area (Å²) in [6, 6.07) is 11.3. The van der Waals surface area contributed by atoms with Crippen molar-refractivity contribution in [3.8, 4) is 5.75 Å². The molecule has 1 amide bonds. The number of hydrogen-bond donors (Lipinski definition) is 1. The number of nitrogens with zero attached hydrogens (tertiary/aromatic N) is 1. The van der Waals surface area contributed by atoms with Gasteiger partial charge in [-0.15, -0.1) is 0 Å². The van der Waals surface area contributed by atoms with Crippen LogP contribution in [0.1, 0.15) is 23.2 Å². The molecule has 1 N–H and O–H groups in total. The van der Waals surface area contributed by atoms with Crippen molar-refractivity contribution in [3.05, 3.63) is 78.9 Å². The van der Waals surface area contributed by atoms with Gasteiger partial charge in [-0.25, -0.2) is 0 Å². The standard InChI is InChI=1S/C21H22N2O3/c1-3-5-11-23-18-9-6-10-20(26-12-4-2)17(18)14-19(23)21(24)22-15-16-8-7-13-25-16/h3-10,13-14H,2,11-12,15H2,1H3,(H,22,24)/b5-3-. The average Bonchev–Trinajstić information content (AvgIpc) is 3.30. The zero-order valence-corrected chi connectivity index (χ0v) is 14.8. The lowest BCUT2D eigenvalue weighted by Crippen LogP contribution is -2.25. The number of allylic oxidation sites excluding steroid dienone is 2. The van der Waals surface area contributed by atoms with Gasteiger partial charge >= 0.3 is 0 Å².